The van der Waals surface area contributed by atoms with Crippen molar-refractivity contribution in [3.8, 4) is 23.0 Å². The lowest BCUT2D eigenvalue weighted by atomic mass is 9.94. The van der Waals surface area contributed by atoms with E-state index in [-0.39, 0.29) is 28.5 Å². The number of halogens is 4. The van der Waals surface area contributed by atoms with E-state index in [2.05, 4.69) is 0 Å². The molecule has 2 aromatic carbocycles. The number of fused-ring (bicyclic) bond motifs is 1. The van der Waals surface area contributed by atoms with Crippen molar-refractivity contribution in [3.05, 3.63) is 53.1 Å². The summed E-state index contributed by atoms with van der Waals surface area (Å²) >= 11 is 6.22. The lowest BCUT2D eigenvalue weighted by Gasteiger charge is -2.32. The van der Waals surface area contributed by atoms with Crippen LogP contribution in [0.15, 0.2) is 42.5 Å². The second kappa shape index (κ2) is 9.53. The van der Waals surface area contributed by atoms with Gasteiger partial charge < -0.3 is 24.1 Å². The summed E-state index contributed by atoms with van der Waals surface area (Å²) in [7, 11) is 0. The zero-order valence-electron chi connectivity index (χ0n) is 19.8. The number of aliphatic carboxylic acids is 1. The molecule has 6 nitrogen and oxygen atoms in total. The van der Waals surface area contributed by atoms with Crippen LogP contribution < -0.4 is 18.9 Å². The van der Waals surface area contributed by atoms with Gasteiger partial charge in [0.05, 0.1) is 10.6 Å². The summed E-state index contributed by atoms with van der Waals surface area (Å²) in [6, 6.07) is 8.75. The monoisotopic (exact) mass is 514 g/mol. The van der Waals surface area contributed by atoms with Gasteiger partial charge in [0.1, 0.15) is 28.6 Å². The molecule has 190 valence electrons. The molecular formula is C25H26ClF3O6. The first-order valence-corrected chi connectivity index (χ1v) is 11.2. The van der Waals surface area contributed by atoms with Gasteiger partial charge in [-0.3, -0.25) is 0 Å². The Hall–Kier alpha value is -3.07. The fourth-order valence-corrected chi connectivity index (χ4v) is 3.61. The Labute approximate surface area is 206 Å². The van der Waals surface area contributed by atoms with Gasteiger partial charge in [0.25, 0.3) is 0 Å². The van der Waals surface area contributed by atoms with Gasteiger partial charge >= 0.3 is 12.1 Å². The summed E-state index contributed by atoms with van der Waals surface area (Å²) in [4.78, 5) is 11.4. The predicted molar refractivity (Wildman–Crippen MR) is 124 cm³/mol. The maximum Gasteiger partial charge on any atom is 0.416 e. The lowest BCUT2D eigenvalue weighted by molar-refractivity contribution is -0.154. The van der Waals surface area contributed by atoms with Gasteiger partial charge in [-0.25, -0.2) is 4.79 Å². The van der Waals surface area contributed by atoms with E-state index in [1.54, 1.807) is 38.1 Å². The first kappa shape index (κ1) is 26.5. The highest BCUT2D eigenvalue weighted by Crippen LogP contribution is 2.47. The number of hydrogen-bond acceptors (Lipinski definition) is 5. The number of hydrogen-bond donors (Lipinski definition) is 1. The Bertz CT molecular complexity index is 1130. The van der Waals surface area contributed by atoms with E-state index in [0.29, 0.717) is 11.5 Å². The Kier molecular flexibility index (Phi) is 7.22. The van der Waals surface area contributed by atoms with Crippen LogP contribution in [0.4, 0.5) is 13.2 Å². The molecule has 35 heavy (non-hydrogen) atoms. The average molecular weight is 515 g/mol. The van der Waals surface area contributed by atoms with Crippen molar-refractivity contribution >= 4 is 23.1 Å². The van der Waals surface area contributed by atoms with Crippen molar-refractivity contribution < 1.29 is 42.0 Å². The third kappa shape index (κ3) is 6.14. The molecule has 2 aromatic rings. The SMILES string of the molecule is CC[C@@](C)(Oc1ccc(O[C@@H](C)Oc2cc3c(cc2Cl)C(C(F)(F)F)=CC(C)(C)O3)cc1)C(=O)O. The van der Waals surface area contributed by atoms with Crippen LogP contribution in [-0.2, 0) is 4.79 Å². The number of allylic oxidation sites excluding steroid dienone is 1. The molecular weight excluding hydrogens is 489 g/mol. The van der Waals surface area contributed by atoms with Gasteiger partial charge in [0, 0.05) is 18.6 Å². The molecule has 0 radical (unpaired) electrons. The topological polar surface area (TPSA) is 74.2 Å². The Balaban J connectivity index is 1.74. The highest BCUT2D eigenvalue weighted by atomic mass is 35.5. The molecule has 0 unspecified atom stereocenters. The van der Waals surface area contributed by atoms with Gasteiger partial charge in [-0.1, -0.05) is 18.5 Å². The van der Waals surface area contributed by atoms with Gasteiger partial charge in [-0.15, -0.1) is 0 Å². The van der Waals surface area contributed by atoms with Crippen molar-refractivity contribution in [2.75, 3.05) is 0 Å². The third-order valence-corrected chi connectivity index (χ3v) is 5.68. The van der Waals surface area contributed by atoms with Crippen molar-refractivity contribution in [2.45, 2.75) is 64.7 Å². The van der Waals surface area contributed by atoms with E-state index >= 15 is 0 Å². The first-order chi connectivity index (χ1) is 16.1. The molecule has 1 N–H and O–H groups in total. The Morgan fingerprint density at radius 3 is 2.29 bits per heavy atom. The second-order valence-corrected chi connectivity index (χ2v) is 9.21. The number of rotatable bonds is 8. The second-order valence-electron chi connectivity index (χ2n) is 8.81. The molecule has 1 heterocycles. The summed E-state index contributed by atoms with van der Waals surface area (Å²) in [5.74, 6) is -0.238. The largest absolute Gasteiger partial charge is 0.483 e. The van der Waals surface area contributed by atoms with Gasteiger partial charge in [0.15, 0.2) is 0 Å². The van der Waals surface area contributed by atoms with Gasteiger partial charge in [-0.2, -0.15) is 13.2 Å². The van der Waals surface area contributed by atoms with E-state index in [4.69, 9.17) is 30.5 Å². The smallest absolute Gasteiger partial charge is 0.416 e. The maximum absolute atomic E-state index is 13.6. The summed E-state index contributed by atoms with van der Waals surface area (Å²) in [6.45, 7) is 7.83. The standard InChI is InChI=1S/C25H26ClF3O6/c1-6-24(5,22(30)31)34-16-9-7-15(8-10-16)32-14(2)33-21-12-20-17(11-19(21)26)18(25(27,28)29)13-23(3,4)35-20/h7-14H,6H2,1-5H3,(H,30,31)/t14-,24-/m1/s1. The van der Waals surface area contributed by atoms with Crippen LogP contribution in [0.25, 0.3) is 5.57 Å². The lowest BCUT2D eigenvalue weighted by Crippen LogP contribution is -2.40. The molecule has 0 bridgehead atoms. The van der Waals surface area contributed by atoms with Crippen LogP contribution in [0, 0.1) is 0 Å². The van der Waals surface area contributed by atoms with Crippen molar-refractivity contribution in [2.24, 2.45) is 0 Å². The number of alkyl halides is 3. The number of carboxylic acid groups (broad SMARTS) is 1. The summed E-state index contributed by atoms with van der Waals surface area (Å²) in [5.41, 5.74) is -3.53. The van der Waals surface area contributed by atoms with E-state index < -0.39 is 35.2 Å². The summed E-state index contributed by atoms with van der Waals surface area (Å²) in [5, 5.41) is 9.31. The van der Waals surface area contributed by atoms with E-state index in [1.165, 1.54) is 26.8 Å². The molecule has 1 aliphatic rings. The minimum atomic E-state index is -4.58. The number of carbonyl (C=O) groups is 1. The predicted octanol–water partition coefficient (Wildman–Crippen LogP) is 6.89. The van der Waals surface area contributed by atoms with Crippen molar-refractivity contribution in [1.82, 2.24) is 0 Å². The molecule has 0 amide bonds. The highest BCUT2D eigenvalue weighted by Gasteiger charge is 2.42. The van der Waals surface area contributed by atoms with E-state index in [0.717, 1.165) is 12.1 Å². The minimum Gasteiger partial charge on any atom is -0.483 e. The molecule has 1 aliphatic heterocycles. The van der Waals surface area contributed by atoms with Crippen LogP contribution in [-0.4, -0.2) is 34.7 Å². The zero-order valence-corrected chi connectivity index (χ0v) is 20.6. The molecule has 0 saturated carbocycles. The average Bonchev–Trinajstić information content (AvgIpc) is 2.74. The molecule has 0 saturated heterocycles. The van der Waals surface area contributed by atoms with Crippen molar-refractivity contribution in [3.63, 3.8) is 0 Å². The molecule has 0 spiro atoms. The number of carboxylic acids is 1. The van der Waals surface area contributed by atoms with Crippen LogP contribution in [0.2, 0.25) is 5.02 Å². The molecule has 0 aromatic heterocycles. The van der Waals surface area contributed by atoms with Gasteiger partial charge in [0.2, 0.25) is 11.9 Å². The molecule has 3 rings (SSSR count). The molecule has 0 fully saturated rings. The fourth-order valence-electron chi connectivity index (χ4n) is 3.40. The van der Waals surface area contributed by atoms with Gasteiger partial charge in [-0.05, 0) is 63.6 Å². The summed E-state index contributed by atoms with van der Waals surface area (Å²) < 4.78 is 63.4. The van der Waals surface area contributed by atoms with E-state index in [1.807, 2.05) is 0 Å². The van der Waals surface area contributed by atoms with E-state index in [9.17, 15) is 23.1 Å². The zero-order chi connectivity index (χ0) is 26.2. The van der Waals surface area contributed by atoms with Crippen LogP contribution in [0.1, 0.15) is 46.6 Å². The molecule has 2 atom stereocenters. The van der Waals surface area contributed by atoms with Crippen LogP contribution >= 0.6 is 11.6 Å². The van der Waals surface area contributed by atoms with Crippen LogP contribution in [0.3, 0.4) is 0 Å². The molecule has 0 aliphatic carbocycles. The third-order valence-electron chi connectivity index (χ3n) is 5.38. The Morgan fingerprint density at radius 1 is 1.14 bits per heavy atom. The quantitative estimate of drug-likeness (QED) is 0.386. The molecule has 10 heteroatoms. The number of ether oxygens (including phenoxy) is 4. The maximum atomic E-state index is 13.6. The minimum absolute atomic E-state index is 0.00432. The Morgan fingerprint density at radius 2 is 1.74 bits per heavy atom. The van der Waals surface area contributed by atoms with Crippen molar-refractivity contribution in [1.29, 1.82) is 0 Å². The van der Waals surface area contributed by atoms with Crippen LogP contribution in [0.5, 0.6) is 23.0 Å². The fraction of sp³-hybridized carbons (Fsp3) is 0.400. The first-order valence-electron chi connectivity index (χ1n) is 10.8. The summed E-state index contributed by atoms with van der Waals surface area (Å²) in [6.07, 6.45) is -4.15. The highest BCUT2D eigenvalue weighted by molar-refractivity contribution is 6.32. The number of benzene rings is 2. The normalized spacial score (nSPS) is 17.2.